The minimum absolute atomic E-state index is 0.117. The monoisotopic (exact) mass is 570 g/mol. The predicted octanol–water partition coefficient (Wildman–Crippen LogP) is 4.79. The van der Waals surface area contributed by atoms with Crippen molar-refractivity contribution in [3.63, 3.8) is 0 Å². The number of rotatable bonds is 9. The summed E-state index contributed by atoms with van der Waals surface area (Å²) in [7, 11) is 0. The third-order valence-electron chi connectivity index (χ3n) is 6.17. The average Bonchev–Trinajstić information content (AvgIpc) is 3.58. The number of hydrogen-bond acceptors (Lipinski definition) is 6. The summed E-state index contributed by atoms with van der Waals surface area (Å²) >= 11 is 6.16. The first-order chi connectivity index (χ1) is 19.1. The maximum Gasteiger partial charge on any atom is 0.251 e. The lowest BCUT2D eigenvalue weighted by molar-refractivity contribution is -0.133. The van der Waals surface area contributed by atoms with Crippen molar-refractivity contribution < 1.29 is 32.6 Å². The summed E-state index contributed by atoms with van der Waals surface area (Å²) in [4.78, 5) is 27.7. The molecule has 0 radical (unpaired) electrons. The van der Waals surface area contributed by atoms with E-state index in [9.17, 15) is 18.4 Å². The first-order valence-electron chi connectivity index (χ1n) is 12.3. The molecule has 1 N–H and O–H groups in total. The Morgan fingerprint density at radius 3 is 2.62 bits per heavy atom. The fourth-order valence-electron chi connectivity index (χ4n) is 4.30. The second kappa shape index (κ2) is 11.0. The molecule has 1 aromatic heterocycles. The maximum atomic E-state index is 14.6. The summed E-state index contributed by atoms with van der Waals surface area (Å²) in [5, 5.41) is 7.30. The van der Waals surface area contributed by atoms with E-state index < -0.39 is 41.7 Å². The fraction of sp³-hybridized carbons (Fsp3) is 0.250. The van der Waals surface area contributed by atoms with Gasteiger partial charge in [-0.3, -0.25) is 14.3 Å². The summed E-state index contributed by atoms with van der Waals surface area (Å²) < 4.78 is 47.5. The number of hydrogen-bond donors (Lipinski definition) is 1. The van der Waals surface area contributed by atoms with Gasteiger partial charge in [0.2, 0.25) is 11.7 Å². The molecule has 0 saturated carbocycles. The Morgan fingerprint density at radius 1 is 1.18 bits per heavy atom. The Balaban J connectivity index is 1.34. The van der Waals surface area contributed by atoms with Gasteiger partial charge in [0.05, 0.1) is 11.6 Å². The summed E-state index contributed by atoms with van der Waals surface area (Å²) in [6.45, 7) is 3.67. The van der Waals surface area contributed by atoms with Crippen molar-refractivity contribution in [3.05, 3.63) is 101 Å². The predicted molar refractivity (Wildman–Crippen MR) is 141 cm³/mol. The molecule has 1 atom stereocenters. The van der Waals surface area contributed by atoms with Crippen LogP contribution in [0.2, 0.25) is 5.02 Å². The molecule has 5 rings (SSSR count). The smallest absolute Gasteiger partial charge is 0.251 e. The lowest BCUT2D eigenvalue weighted by atomic mass is 10.0. The first-order valence-corrected chi connectivity index (χ1v) is 12.7. The topological polar surface area (TPSA) is 94.9 Å². The van der Waals surface area contributed by atoms with E-state index in [2.05, 4.69) is 10.4 Å². The van der Waals surface area contributed by atoms with Crippen LogP contribution in [-0.4, -0.2) is 44.9 Å². The largest absolute Gasteiger partial charge is 0.458 e. The van der Waals surface area contributed by atoms with Crippen LogP contribution in [0, 0.1) is 11.6 Å². The van der Waals surface area contributed by atoms with E-state index in [4.69, 9.17) is 25.8 Å². The van der Waals surface area contributed by atoms with Crippen molar-refractivity contribution in [2.45, 2.75) is 38.6 Å². The third kappa shape index (κ3) is 6.09. The average molecular weight is 571 g/mol. The van der Waals surface area contributed by atoms with Crippen LogP contribution in [0.15, 0.2) is 78.6 Å². The number of benzene rings is 2. The van der Waals surface area contributed by atoms with E-state index in [-0.39, 0.29) is 30.2 Å². The number of carbonyl (C=O) groups excluding carboxylic acids is 2. The molecule has 1 unspecified atom stereocenters. The third-order valence-corrected chi connectivity index (χ3v) is 6.48. The van der Waals surface area contributed by atoms with Crippen LogP contribution in [0.4, 0.5) is 14.6 Å². The van der Waals surface area contributed by atoms with E-state index in [1.54, 1.807) is 50.4 Å². The van der Waals surface area contributed by atoms with Crippen molar-refractivity contribution >= 4 is 29.2 Å². The summed E-state index contributed by atoms with van der Waals surface area (Å²) in [6, 6.07) is 10.4. The van der Waals surface area contributed by atoms with Gasteiger partial charge < -0.3 is 24.4 Å². The molecule has 2 aliphatic rings. The molecule has 2 aromatic carbocycles. The minimum atomic E-state index is -1.29. The van der Waals surface area contributed by atoms with Crippen LogP contribution in [0.1, 0.15) is 19.4 Å². The van der Waals surface area contributed by atoms with Gasteiger partial charge in [-0.05, 0) is 24.3 Å². The Labute approximate surface area is 233 Å². The lowest BCUT2D eigenvalue weighted by Crippen LogP contribution is -2.47. The van der Waals surface area contributed by atoms with Gasteiger partial charge in [0.25, 0.3) is 5.91 Å². The van der Waals surface area contributed by atoms with Crippen LogP contribution in [0.3, 0.4) is 0 Å². The molecule has 208 valence electrons. The molecule has 9 nitrogen and oxygen atoms in total. The highest BCUT2D eigenvalue weighted by Crippen LogP contribution is 2.29. The number of ether oxygens (including phenoxy) is 3. The van der Waals surface area contributed by atoms with E-state index >= 15 is 0 Å². The van der Waals surface area contributed by atoms with Gasteiger partial charge in [-0.25, -0.2) is 8.78 Å². The zero-order chi connectivity index (χ0) is 28.4. The number of allylic oxidation sites excluding steroid dienone is 1. The second-order valence-corrected chi connectivity index (χ2v) is 10.0. The van der Waals surface area contributed by atoms with Crippen molar-refractivity contribution in [2.75, 3.05) is 11.9 Å². The molecule has 0 aliphatic carbocycles. The molecule has 0 fully saturated rings. The SMILES string of the molecule is CC1(C)OC=C(Cn2ccc(NC(=O)C(Cc3c(F)cccc3F)N3CC(Oc4ccccc4Cl)=CC3=O)n2)O1. The summed E-state index contributed by atoms with van der Waals surface area (Å²) in [5.41, 5.74) is -0.325. The number of carbonyl (C=O) groups is 2. The van der Waals surface area contributed by atoms with Gasteiger partial charge >= 0.3 is 0 Å². The van der Waals surface area contributed by atoms with Gasteiger partial charge in [0.15, 0.2) is 11.6 Å². The number of para-hydroxylation sites is 1. The van der Waals surface area contributed by atoms with E-state index in [1.165, 1.54) is 28.0 Å². The minimum Gasteiger partial charge on any atom is -0.458 e. The Kier molecular flexibility index (Phi) is 7.49. The van der Waals surface area contributed by atoms with Gasteiger partial charge in [0.1, 0.15) is 42.0 Å². The molecule has 3 aromatic rings. The number of halogens is 3. The molecule has 2 amide bonds. The summed E-state index contributed by atoms with van der Waals surface area (Å²) in [5.74, 6) is -2.41. The van der Waals surface area contributed by atoms with Crippen molar-refractivity contribution in [1.82, 2.24) is 14.7 Å². The number of nitrogens with one attached hydrogen (secondary N) is 1. The number of aromatic nitrogens is 2. The molecular weight excluding hydrogens is 546 g/mol. The van der Waals surface area contributed by atoms with Crippen LogP contribution < -0.4 is 10.1 Å². The standard InChI is InChI=1S/C28H25ClF2N4O5/c1-28(2)38-16-18(40-28)14-34-11-10-25(33-34)32-27(37)23(13-19-21(30)7-5-8-22(19)31)35-15-17(12-26(35)36)39-24-9-4-3-6-20(24)29/h3-12,16,23H,13-15H2,1-2H3,(H,32,33,37). The van der Waals surface area contributed by atoms with Gasteiger partial charge in [-0.15, -0.1) is 0 Å². The number of amides is 2. The van der Waals surface area contributed by atoms with Crippen LogP contribution in [0.5, 0.6) is 5.75 Å². The summed E-state index contributed by atoms with van der Waals surface area (Å²) in [6.07, 6.45) is 3.91. The van der Waals surface area contributed by atoms with E-state index in [1.807, 2.05) is 0 Å². The Hall–Kier alpha value is -4.38. The quantitative estimate of drug-likeness (QED) is 0.397. The molecule has 0 saturated heterocycles. The molecule has 12 heteroatoms. The molecule has 0 bridgehead atoms. The fourth-order valence-corrected chi connectivity index (χ4v) is 4.47. The Bertz CT molecular complexity index is 1500. The zero-order valence-electron chi connectivity index (χ0n) is 21.6. The molecule has 0 spiro atoms. The van der Waals surface area contributed by atoms with Crippen molar-refractivity contribution in [1.29, 1.82) is 0 Å². The van der Waals surface area contributed by atoms with E-state index in [0.29, 0.717) is 16.5 Å². The van der Waals surface area contributed by atoms with Crippen LogP contribution >= 0.6 is 11.6 Å². The highest BCUT2D eigenvalue weighted by molar-refractivity contribution is 6.32. The van der Waals surface area contributed by atoms with Crippen LogP contribution in [-0.2, 0) is 32.0 Å². The number of nitrogens with zero attached hydrogens (tertiary/aromatic N) is 3. The normalized spacial score (nSPS) is 16.6. The maximum absolute atomic E-state index is 14.6. The van der Waals surface area contributed by atoms with Crippen molar-refractivity contribution in [2.24, 2.45) is 0 Å². The first kappa shape index (κ1) is 27.2. The molecule has 2 aliphatic heterocycles. The van der Waals surface area contributed by atoms with Gasteiger partial charge in [-0.1, -0.05) is 29.8 Å². The highest BCUT2D eigenvalue weighted by atomic mass is 35.5. The number of anilines is 1. The molecule has 40 heavy (non-hydrogen) atoms. The Morgan fingerprint density at radius 2 is 1.93 bits per heavy atom. The van der Waals surface area contributed by atoms with Gasteiger partial charge in [0, 0.05) is 44.2 Å². The highest BCUT2D eigenvalue weighted by Gasteiger charge is 2.36. The van der Waals surface area contributed by atoms with E-state index in [0.717, 1.165) is 12.1 Å². The van der Waals surface area contributed by atoms with Gasteiger partial charge in [-0.2, -0.15) is 5.10 Å². The molecule has 3 heterocycles. The van der Waals surface area contributed by atoms with Crippen LogP contribution in [0.25, 0.3) is 0 Å². The zero-order valence-corrected chi connectivity index (χ0v) is 22.3. The lowest BCUT2D eigenvalue weighted by Gasteiger charge is -2.27. The second-order valence-electron chi connectivity index (χ2n) is 9.62. The molecular formula is C28H25ClF2N4O5. The van der Waals surface area contributed by atoms with Crippen molar-refractivity contribution in [3.8, 4) is 5.75 Å².